The maximum atomic E-state index is 13.3. The first-order chi connectivity index (χ1) is 16.8. The number of β-lactam (4-membered cyclic amide) rings is 1. The fraction of sp³-hybridized carbons (Fsp3) is 0.400. The number of hydrogen-bond donors (Lipinski definition) is 1. The normalized spacial score (nSPS) is 22.6. The minimum atomic E-state index is -4.54. The van der Waals surface area contributed by atoms with Crippen LogP contribution >= 0.6 is 34.8 Å². The number of methoxy groups -OCH3 is 1. The van der Waals surface area contributed by atoms with Gasteiger partial charge in [-0.3, -0.25) is 14.5 Å². The van der Waals surface area contributed by atoms with E-state index in [9.17, 15) is 27.6 Å². The zero-order valence-corrected chi connectivity index (χ0v) is 21.7. The molecule has 0 saturated carbocycles. The van der Waals surface area contributed by atoms with Crippen LogP contribution in [-0.2, 0) is 38.4 Å². The van der Waals surface area contributed by atoms with Crippen molar-refractivity contribution < 1.29 is 46.5 Å². The van der Waals surface area contributed by atoms with Gasteiger partial charge in [0.25, 0.3) is 11.8 Å². The quantitative estimate of drug-likeness (QED) is 0.282. The second kappa shape index (κ2) is 10.7. The van der Waals surface area contributed by atoms with Crippen LogP contribution in [0.25, 0.3) is 0 Å². The second-order valence-corrected chi connectivity index (χ2v) is 12.1. The highest BCUT2D eigenvalue weighted by atomic mass is 35.6. The molecule has 36 heavy (non-hydrogen) atoms. The topological polar surface area (TPSA) is 155 Å². The Morgan fingerprint density at radius 1 is 1.14 bits per heavy atom. The number of carbonyl (C=O) groups excluding carboxylic acids is 4. The summed E-state index contributed by atoms with van der Waals surface area (Å²) in [6, 6.07) is 6.65. The molecule has 0 aliphatic carbocycles. The number of ether oxygens (including phenoxy) is 4. The van der Waals surface area contributed by atoms with Crippen molar-refractivity contribution in [1.29, 1.82) is 0 Å². The Bertz CT molecular complexity index is 1200. The maximum Gasteiger partial charge on any atom is 0.509 e. The van der Waals surface area contributed by atoms with E-state index in [1.165, 1.54) is 0 Å². The van der Waals surface area contributed by atoms with Gasteiger partial charge < -0.3 is 24.3 Å². The Labute approximate surface area is 220 Å². The molecule has 3 rings (SSSR count). The fourth-order valence-corrected chi connectivity index (χ4v) is 5.79. The minimum Gasteiger partial charge on any atom is -0.484 e. The number of nitrogens with one attached hydrogen (secondary N) is 1. The van der Waals surface area contributed by atoms with Crippen LogP contribution in [0.15, 0.2) is 41.6 Å². The molecular weight excluding hydrogens is 567 g/mol. The molecule has 1 N–H and O–H groups in total. The summed E-state index contributed by atoms with van der Waals surface area (Å²) in [5.41, 5.74) is -2.93. The number of halogens is 3. The van der Waals surface area contributed by atoms with Crippen molar-refractivity contribution in [2.45, 2.75) is 27.6 Å². The average Bonchev–Trinajstić information content (AvgIpc) is 2.82. The van der Waals surface area contributed by atoms with E-state index in [-0.39, 0.29) is 5.57 Å². The van der Waals surface area contributed by atoms with Gasteiger partial charge in [-0.2, -0.15) is 0 Å². The molecule has 2 aliphatic heterocycles. The summed E-state index contributed by atoms with van der Waals surface area (Å²) in [6.45, 7) is -0.123. The van der Waals surface area contributed by atoms with E-state index in [1.807, 2.05) is 0 Å². The standard InChI is InChI=1S/C20H19Cl3N2O10S/c1-10-14(17(28)34-9-20(21,22)23)25-15(27)13(16(25)36(30,31)18(10)35-19(29)32-2)24-12(26)8-33-11-6-4-3-5-7-11/h3-7,13,16,18H,8-9H2,1-2H3,(H,24,26)/t13?,16-,18-/m1/s1. The van der Waals surface area contributed by atoms with Crippen LogP contribution < -0.4 is 10.1 Å². The van der Waals surface area contributed by atoms with Crippen LogP contribution in [0.3, 0.4) is 0 Å². The molecule has 12 nitrogen and oxygen atoms in total. The number of hydrogen-bond acceptors (Lipinski definition) is 10. The van der Waals surface area contributed by atoms with Crippen molar-refractivity contribution in [3.8, 4) is 5.75 Å². The number of alkyl halides is 3. The van der Waals surface area contributed by atoms with E-state index < -0.39 is 73.3 Å². The average molecular weight is 586 g/mol. The molecule has 0 aromatic heterocycles. The first-order valence-electron chi connectivity index (χ1n) is 10.00. The molecule has 2 aliphatic rings. The third-order valence-electron chi connectivity index (χ3n) is 5.01. The predicted molar refractivity (Wildman–Crippen MR) is 125 cm³/mol. The van der Waals surface area contributed by atoms with E-state index in [4.69, 9.17) is 49.0 Å². The van der Waals surface area contributed by atoms with Gasteiger partial charge in [-0.1, -0.05) is 53.0 Å². The van der Waals surface area contributed by atoms with Gasteiger partial charge in [0.15, 0.2) is 12.0 Å². The lowest BCUT2D eigenvalue weighted by Gasteiger charge is -2.50. The van der Waals surface area contributed by atoms with Crippen molar-refractivity contribution in [2.24, 2.45) is 0 Å². The van der Waals surface area contributed by atoms with Crippen molar-refractivity contribution >= 4 is 68.6 Å². The number of amides is 2. The van der Waals surface area contributed by atoms with Crippen molar-refractivity contribution in [3.63, 3.8) is 0 Å². The molecule has 16 heteroatoms. The summed E-state index contributed by atoms with van der Waals surface area (Å²) in [4.78, 5) is 50.4. The fourth-order valence-electron chi connectivity index (χ4n) is 3.49. The number of para-hydroxylation sites is 1. The van der Waals surface area contributed by atoms with Gasteiger partial charge in [0.05, 0.1) is 7.11 Å². The zero-order valence-electron chi connectivity index (χ0n) is 18.6. The number of benzene rings is 1. The van der Waals surface area contributed by atoms with Gasteiger partial charge in [0, 0.05) is 5.57 Å². The molecule has 196 valence electrons. The van der Waals surface area contributed by atoms with E-state index in [0.29, 0.717) is 10.6 Å². The smallest absolute Gasteiger partial charge is 0.484 e. The Hall–Kier alpha value is -2.74. The van der Waals surface area contributed by atoms with Gasteiger partial charge in [-0.25, -0.2) is 18.0 Å². The van der Waals surface area contributed by atoms with Gasteiger partial charge >= 0.3 is 12.1 Å². The summed E-state index contributed by atoms with van der Waals surface area (Å²) < 4.78 is 44.0. The molecule has 1 unspecified atom stereocenters. The first-order valence-corrected chi connectivity index (χ1v) is 12.7. The van der Waals surface area contributed by atoms with Crippen molar-refractivity contribution in [2.75, 3.05) is 20.3 Å². The van der Waals surface area contributed by atoms with Crippen LogP contribution in [0.1, 0.15) is 6.92 Å². The Morgan fingerprint density at radius 3 is 2.36 bits per heavy atom. The monoisotopic (exact) mass is 584 g/mol. The molecule has 1 saturated heterocycles. The summed E-state index contributed by atoms with van der Waals surface area (Å²) >= 11 is 16.8. The molecule has 3 atom stereocenters. The highest BCUT2D eigenvalue weighted by Gasteiger charge is 2.64. The van der Waals surface area contributed by atoms with Crippen LogP contribution in [0.4, 0.5) is 4.79 Å². The molecular formula is C20H19Cl3N2O10S. The van der Waals surface area contributed by atoms with Crippen molar-refractivity contribution in [1.82, 2.24) is 10.2 Å². The summed E-state index contributed by atoms with van der Waals surface area (Å²) in [5, 5.41) is 0.459. The SMILES string of the molecule is COC(=O)O[C@H]1C(C)=C(C(=O)OCC(Cl)(Cl)Cl)N2C(=O)C(NC(=O)COc3ccccc3)[C@H]2S1(=O)=O. The molecule has 2 amide bonds. The van der Waals surface area contributed by atoms with Crippen LogP contribution in [-0.4, -0.2) is 78.2 Å². The number of rotatable bonds is 7. The number of carbonyl (C=O) groups is 4. The van der Waals surface area contributed by atoms with Gasteiger partial charge in [-0.05, 0) is 19.1 Å². The van der Waals surface area contributed by atoms with E-state index in [0.717, 1.165) is 14.0 Å². The number of nitrogens with zero attached hydrogens (tertiary/aromatic N) is 1. The number of fused-ring (bicyclic) bond motifs is 1. The second-order valence-electron chi connectivity index (χ2n) is 7.46. The lowest BCUT2D eigenvalue weighted by molar-refractivity contribution is -0.153. The van der Waals surface area contributed by atoms with Crippen LogP contribution in [0, 0.1) is 0 Å². The van der Waals surface area contributed by atoms with E-state index in [1.54, 1.807) is 30.3 Å². The lowest BCUT2D eigenvalue weighted by atomic mass is 10.0. The van der Waals surface area contributed by atoms with Gasteiger partial charge in [0.2, 0.25) is 19.1 Å². The summed E-state index contributed by atoms with van der Waals surface area (Å²) in [6.07, 6.45) is -1.37. The van der Waals surface area contributed by atoms with E-state index >= 15 is 0 Å². The Kier molecular flexibility index (Phi) is 8.28. The summed E-state index contributed by atoms with van der Waals surface area (Å²) in [5.74, 6) is -2.61. The lowest BCUT2D eigenvalue weighted by Crippen LogP contribution is -2.76. The molecule has 0 radical (unpaired) electrons. The Morgan fingerprint density at radius 2 is 1.78 bits per heavy atom. The highest BCUT2D eigenvalue weighted by molar-refractivity contribution is 7.93. The maximum absolute atomic E-state index is 13.3. The predicted octanol–water partition coefficient (Wildman–Crippen LogP) is 1.44. The van der Waals surface area contributed by atoms with Gasteiger partial charge in [-0.15, -0.1) is 0 Å². The number of esters is 1. The molecule has 0 bridgehead atoms. The van der Waals surface area contributed by atoms with Crippen LogP contribution in [0.5, 0.6) is 5.75 Å². The first kappa shape index (κ1) is 27.8. The molecule has 1 aromatic rings. The zero-order chi connectivity index (χ0) is 26.8. The van der Waals surface area contributed by atoms with E-state index in [2.05, 4.69) is 10.1 Å². The highest BCUT2D eigenvalue weighted by Crippen LogP contribution is 2.41. The number of sulfone groups is 1. The molecule has 1 fully saturated rings. The molecule has 2 heterocycles. The Balaban J connectivity index is 1.88. The third-order valence-corrected chi connectivity index (χ3v) is 7.54. The molecule has 0 spiro atoms. The van der Waals surface area contributed by atoms with Crippen molar-refractivity contribution in [3.05, 3.63) is 41.6 Å². The summed E-state index contributed by atoms with van der Waals surface area (Å²) in [7, 11) is -3.59. The third kappa shape index (κ3) is 5.80. The minimum absolute atomic E-state index is 0.350. The van der Waals surface area contributed by atoms with Crippen LogP contribution in [0.2, 0.25) is 0 Å². The molecule has 1 aromatic carbocycles. The largest absolute Gasteiger partial charge is 0.509 e. The van der Waals surface area contributed by atoms with Gasteiger partial charge in [0.1, 0.15) is 24.1 Å².